The Balaban J connectivity index is 1.63. The summed E-state index contributed by atoms with van der Waals surface area (Å²) in [5.41, 5.74) is 2.99. The van der Waals surface area contributed by atoms with Crippen LogP contribution >= 0.6 is 0 Å². The van der Waals surface area contributed by atoms with Gasteiger partial charge in [-0.3, -0.25) is 4.98 Å². The Morgan fingerprint density at radius 2 is 1.73 bits per heavy atom. The van der Waals surface area contributed by atoms with Crippen LogP contribution in [0.3, 0.4) is 0 Å². The van der Waals surface area contributed by atoms with Crippen LogP contribution in [-0.4, -0.2) is 42.8 Å². The van der Waals surface area contributed by atoms with Gasteiger partial charge in [-0.25, -0.2) is 9.97 Å². The molecule has 30 heavy (non-hydrogen) atoms. The van der Waals surface area contributed by atoms with Crippen molar-refractivity contribution in [2.45, 2.75) is 6.42 Å². The maximum absolute atomic E-state index is 5.43. The number of anilines is 1. The first-order valence-corrected chi connectivity index (χ1v) is 9.79. The van der Waals surface area contributed by atoms with Crippen LogP contribution in [0.5, 0.6) is 11.5 Å². The maximum atomic E-state index is 5.43. The van der Waals surface area contributed by atoms with Gasteiger partial charge in [0.15, 0.2) is 17.3 Å². The van der Waals surface area contributed by atoms with Gasteiger partial charge in [-0.05, 0) is 48.4 Å². The Morgan fingerprint density at radius 3 is 2.50 bits per heavy atom. The molecule has 0 bridgehead atoms. The van der Waals surface area contributed by atoms with Crippen LogP contribution in [0.1, 0.15) is 5.56 Å². The third kappa shape index (κ3) is 4.03. The SMILES string of the molecule is COc1ccc(CCN(C)c2nc(-c3cccnc3)nc3ccccc23)cc1OC. The highest BCUT2D eigenvalue weighted by atomic mass is 16.5. The minimum absolute atomic E-state index is 0.676. The highest BCUT2D eigenvalue weighted by Crippen LogP contribution is 2.29. The number of hydrogen-bond acceptors (Lipinski definition) is 6. The zero-order valence-electron chi connectivity index (χ0n) is 17.4. The molecule has 0 aliphatic carbocycles. The number of hydrogen-bond donors (Lipinski definition) is 0. The van der Waals surface area contributed by atoms with Crippen molar-refractivity contribution in [3.63, 3.8) is 0 Å². The number of likely N-dealkylation sites (N-methyl/N-ethyl adjacent to an activating group) is 1. The summed E-state index contributed by atoms with van der Waals surface area (Å²) in [6.07, 6.45) is 4.38. The average Bonchev–Trinajstić information content (AvgIpc) is 2.82. The van der Waals surface area contributed by atoms with E-state index in [1.807, 2.05) is 42.5 Å². The van der Waals surface area contributed by atoms with Crippen molar-refractivity contribution in [3.8, 4) is 22.9 Å². The fourth-order valence-corrected chi connectivity index (χ4v) is 3.41. The molecular weight excluding hydrogens is 376 g/mol. The molecule has 0 atom stereocenters. The Bertz CT molecular complexity index is 1150. The summed E-state index contributed by atoms with van der Waals surface area (Å²) in [6.45, 7) is 0.795. The van der Waals surface area contributed by atoms with Crippen molar-refractivity contribution in [2.75, 3.05) is 32.7 Å². The lowest BCUT2D eigenvalue weighted by Gasteiger charge is -2.21. The van der Waals surface area contributed by atoms with Crippen LogP contribution in [-0.2, 0) is 6.42 Å². The molecular formula is C24H24N4O2. The average molecular weight is 400 g/mol. The van der Waals surface area contributed by atoms with Gasteiger partial charge >= 0.3 is 0 Å². The molecule has 0 fully saturated rings. The second-order valence-corrected chi connectivity index (χ2v) is 6.99. The fraction of sp³-hybridized carbons (Fsp3) is 0.208. The molecule has 2 heterocycles. The lowest BCUT2D eigenvalue weighted by atomic mass is 10.1. The molecule has 0 N–H and O–H groups in total. The zero-order valence-corrected chi connectivity index (χ0v) is 17.4. The number of para-hydroxylation sites is 1. The van der Waals surface area contributed by atoms with Gasteiger partial charge in [-0.2, -0.15) is 0 Å². The fourth-order valence-electron chi connectivity index (χ4n) is 3.41. The van der Waals surface area contributed by atoms with Gasteiger partial charge < -0.3 is 14.4 Å². The minimum atomic E-state index is 0.676. The van der Waals surface area contributed by atoms with Crippen molar-refractivity contribution in [1.82, 2.24) is 15.0 Å². The summed E-state index contributed by atoms with van der Waals surface area (Å²) >= 11 is 0. The predicted molar refractivity (Wildman–Crippen MR) is 119 cm³/mol. The largest absolute Gasteiger partial charge is 0.493 e. The van der Waals surface area contributed by atoms with Gasteiger partial charge in [0.2, 0.25) is 0 Å². The second-order valence-electron chi connectivity index (χ2n) is 6.99. The molecule has 0 spiro atoms. The first-order valence-electron chi connectivity index (χ1n) is 9.79. The normalized spacial score (nSPS) is 10.8. The van der Waals surface area contributed by atoms with E-state index in [9.17, 15) is 0 Å². The van der Waals surface area contributed by atoms with Crippen LogP contribution in [0.4, 0.5) is 5.82 Å². The highest BCUT2D eigenvalue weighted by molar-refractivity contribution is 5.90. The van der Waals surface area contributed by atoms with E-state index in [-0.39, 0.29) is 0 Å². The smallest absolute Gasteiger partial charge is 0.163 e. The maximum Gasteiger partial charge on any atom is 0.163 e. The zero-order chi connectivity index (χ0) is 20.9. The monoisotopic (exact) mass is 400 g/mol. The van der Waals surface area contributed by atoms with E-state index in [1.165, 1.54) is 5.56 Å². The van der Waals surface area contributed by atoms with Gasteiger partial charge in [-0.15, -0.1) is 0 Å². The predicted octanol–water partition coefficient (Wildman–Crippen LogP) is 4.39. The lowest BCUT2D eigenvalue weighted by Crippen LogP contribution is -2.22. The summed E-state index contributed by atoms with van der Waals surface area (Å²) in [4.78, 5) is 16.0. The van der Waals surface area contributed by atoms with Gasteiger partial charge in [-0.1, -0.05) is 18.2 Å². The topological polar surface area (TPSA) is 60.4 Å². The molecule has 0 aliphatic rings. The molecule has 0 saturated heterocycles. The molecule has 6 nitrogen and oxygen atoms in total. The van der Waals surface area contributed by atoms with Crippen LogP contribution in [0.25, 0.3) is 22.3 Å². The molecule has 0 aliphatic heterocycles. The van der Waals surface area contributed by atoms with E-state index >= 15 is 0 Å². The first kappa shape index (κ1) is 19.6. The standard InChI is InChI=1S/C24H24N4O2/c1-28(14-12-17-10-11-21(29-2)22(15-17)30-3)24-19-8-4-5-9-20(19)26-23(27-24)18-7-6-13-25-16-18/h4-11,13,15-16H,12,14H2,1-3H3. The van der Waals surface area contributed by atoms with Crippen molar-refractivity contribution in [1.29, 1.82) is 0 Å². The Kier molecular flexibility index (Phi) is 5.75. The van der Waals surface area contributed by atoms with E-state index in [4.69, 9.17) is 19.4 Å². The molecule has 2 aromatic heterocycles. The number of benzene rings is 2. The van der Waals surface area contributed by atoms with Crippen molar-refractivity contribution in [2.24, 2.45) is 0 Å². The molecule has 0 unspecified atom stereocenters. The molecule has 152 valence electrons. The summed E-state index contributed by atoms with van der Waals surface area (Å²) in [6, 6.07) is 18.0. The summed E-state index contributed by atoms with van der Waals surface area (Å²) in [7, 11) is 5.36. The number of nitrogens with zero attached hydrogens (tertiary/aromatic N) is 4. The van der Waals surface area contributed by atoms with E-state index in [0.29, 0.717) is 5.82 Å². The quantitative estimate of drug-likeness (QED) is 0.459. The molecule has 4 rings (SSSR count). The highest BCUT2D eigenvalue weighted by Gasteiger charge is 2.13. The summed E-state index contributed by atoms with van der Waals surface area (Å²) in [5.74, 6) is 3.05. The number of rotatable bonds is 7. The number of pyridine rings is 1. The van der Waals surface area contributed by atoms with Gasteiger partial charge in [0.25, 0.3) is 0 Å². The summed E-state index contributed by atoms with van der Waals surface area (Å²) < 4.78 is 10.8. The number of ether oxygens (including phenoxy) is 2. The Labute approximate surface area is 176 Å². The van der Waals surface area contributed by atoms with Gasteiger partial charge in [0.1, 0.15) is 5.82 Å². The van der Waals surface area contributed by atoms with Crippen molar-refractivity contribution >= 4 is 16.7 Å². The van der Waals surface area contributed by atoms with Gasteiger partial charge in [0, 0.05) is 36.9 Å². The minimum Gasteiger partial charge on any atom is -0.493 e. The second kappa shape index (κ2) is 8.78. The van der Waals surface area contributed by atoms with Gasteiger partial charge in [0.05, 0.1) is 19.7 Å². The van der Waals surface area contributed by atoms with Crippen molar-refractivity contribution < 1.29 is 9.47 Å². The number of fused-ring (bicyclic) bond motifs is 1. The third-order valence-electron chi connectivity index (χ3n) is 5.05. The van der Waals surface area contributed by atoms with E-state index in [2.05, 4.69) is 29.1 Å². The third-order valence-corrected chi connectivity index (χ3v) is 5.05. The molecule has 6 heteroatoms. The molecule has 2 aromatic carbocycles. The lowest BCUT2D eigenvalue weighted by molar-refractivity contribution is 0.354. The number of aromatic nitrogens is 3. The first-order chi connectivity index (χ1) is 14.7. The van der Waals surface area contributed by atoms with Crippen molar-refractivity contribution in [3.05, 3.63) is 72.6 Å². The Hall–Kier alpha value is -3.67. The van der Waals surface area contributed by atoms with Crippen LogP contribution < -0.4 is 14.4 Å². The molecule has 0 radical (unpaired) electrons. The van der Waals surface area contributed by atoms with E-state index in [0.717, 1.165) is 46.7 Å². The molecule has 0 saturated carbocycles. The molecule has 4 aromatic rings. The van der Waals surface area contributed by atoms with Crippen LogP contribution in [0.2, 0.25) is 0 Å². The van der Waals surface area contributed by atoms with Crippen LogP contribution in [0, 0.1) is 0 Å². The Morgan fingerprint density at radius 1 is 0.900 bits per heavy atom. The van der Waals surface area contributed by atoms with E-state index < -0.39 is 0 Å². The van der Waals surface area contributed by atoms with E-state index in [1.54, 1.807) is 26.6 Å². The summed E-state index contributed by atoms with van der Waals surface area (Å²) in [5, 5.41) is 1.03. The molecule has 0 amide bonds. The van der Waals surface area contributed by atoms with Crippen LogP contribution in [0.15, 0.2) is 67.0 Å². The number of methoxy groups -OCH3 is 2.